The van der Waals surface area contributed by atoms with E-state index >= 15 is 0 Å². The summed E-state index contributed by atoms with van der Waals surface area (Å²) >= 11 is 0. The molecule has 0 aromatic heterocycles. The summed E-state index contributed by atoms with van der Waals surface area (Å²) in [6.07, 6.45) is 4.91. The minimum Gasteiger partial charge on any atom is -0.375 e. The van der Waals surface area contributed by atoms with E-state index in [0.717, 1.165) is 38.1 Å². The van der Waals surface area contributed by atoms with Gasteiger partial charge in [0.2, 0.25) is 0 Å². The summed E-state index contributed by atoms with van der Waals surface area (Å²) in [7, 11) is 4.06. The van der Waals surface area contributed by atoms with Crippen LogP contribution in [0.1, 0.15) is 32.6 Å². The molecule has 1 N–H and O–H groups in total. The first-order chi connectivity index (χ1) is 11.2. The van der Waals surface area contributed by atoms with Gasteiger partial charge in [-0.2, -0.15) is 0 Å². The zero-order valence-electron chi connectivity index (χ0n) is 15.4. The van der Waals surface area contributed by atoms with E-state index in [4.69, 9.17) is 0 Å². The Bertz CT molecular complexity index is 470. The highest BCUT2D eigenvalue weighted by Gasteiger charge is 2.18. The van der Waals surface area contributed by atoms with Crippen molar-refractivity contribution in [2.45, 2.75) is 32.6 Å². The summed E-state index contributed by atoms with van der Waals surface area (Å²) in [6, 6.07) is 10.6. The van der Waals surface area contributed by atoms with Gasteiger partial charge in [0.05, 0.1) is 0 Å². The first-order valence-electron chi connectivity index (χ1n) is 8.92. The van der Waals surface area contributed by atoms with Gasteiger partial charge in [-0.15, -0.1) is 24.0 Å². The van der Waals surface area contributed by atoms with Gasteiger partial charge in [-0.25, -0.2) is 0 Å². The molecule has 0 radical (unpaired) electrons. The summed E-state index contributed by atoms with van der Waals surface area (Å²) in [5, 5.41) is 3.52. The average Bonchev–Trinajstić information content (AvgIpc) is 2.60. The van der Waals surface area contributed by atoms with Crippen LogP contribution in [0.25, 0.3) is 0 Å². The fourth-order valence-electron chi connectivity index (χ4n) is 3.04. The number of nitrogens with one attached hydrogen (secondary N) is 1. The van der Waals surface area contributed by atoms with E-state index in [0.29, 0.717) is 0 Å². The molecule has 1 fully saturated rings. The molecular weight excluding hydrogens is 411 g/mol. The molecule has 1 heterocycles. The minimum atomic E-state index is 0. The smallest absolute Gasteiger partial charge is 0.193 e. The molecule has 0 unspecified atom stereocenters. The van der Waals surface area contributed by atoms with Crippen molar-refractivity contribution in [1.29, 1.82) is 0 Å². The number of likely N-dealkylation sites (tertiary alicyclic amines) is 1. The number of nitrogens with zero attached hydrogens (tertiary/aromatic N) is 3. The Morgan fingerprint density at radius 3 is 2.50 bits per heavy atom. The molecule has 136 valence electrons. The number of benzene rings is 1. The van der Waals surface area contributed by atoms with E-state index in [1.807, 2.05) is 7.05 Å². The Kier molecular flexibility index (Phi) is 10.1. The van der Waals surface area contributed by atoms with Gasteiger partial charge < -0.3 is 15.1 Å². The molecule has 2 rings (SSSR count). The Balaban J connectivity index is 0.00000288. The van der Waals surface area contributed by atoms with Crippen LogP contribution in [0.5, 0.6) is 0 Å². The summed E-state index contributed by atoms with van der Waals surface area (Å²) in [5.41, 5.74) is 1.29. The minimum absolute atomic E-state index is 0. The van der Waals surface area contributed by atoms with Crippen LogP contribution in [0.2, 0.25) is 0 Å². The van der Waals surface area contributed by atoms with Gasteiger partial charge in [0.15, 0.2) is 5.96 Å². The lowest BCUT2D eigenvalue weighted by Gasteiger charge is -2.33. The second-order valence-electron chi connectivity index (χ2n) is 6.61. The highest BCUT2D eigenvalue weighted by Crippen LogP contribution is 2.16. The Labute approximate surface area is 164 Å². The molecule has 1 aliphatic rings. The zero-order chi connectivity index (χ0) is 16.5. The van der Waals surface area contributed by atoms with Gasteiger partial charge in [0.1, 0.15) is 0 Å². The maximum atomic E-state index is 4.44. The van der Waals surface area contributed by atoms with Crippen LogP contribution in [-0.2, 0) is 0 Å². The van der Waals surface area contributed by atoms with Crippen LogP contribution in [0.4, 0.5) is 5.69 Å². The number of aliphatic imine (C=N–C) groups is 1. The summed E-state index contributed by atoms with van der Waals surface area (Å²) in [5.74, 6) is 1.94. The molecule has 0 spiro atoms. The lowest BCUT2D eigenvalue weighted by atomic mass is 10.00. The second-order valence-corrected chi connectivity index (χ2v) is 6.61. The molecule has 1 saturated heterocycles. The first kappa shape index (κ1) is 21.1. The quantitative estimate of drug-likeness (QED) is 0.313. The number of para-hydroxylation sites is 1. The molecule has 0 saturated carbocycles. The van der Waals surface area contributed by atoms with Gasteiger partial charge in [-0.05, 0) is 43.7 Å². The van der Waals surface area contributed by atoms with Crippen LogP contribution in [0, 0.1) is 5.92 Å². The van der Waals surface area contributed by atoms with E-state index in [-0.39, 0.29) is 24.0 Å². The topological polar surface area (TPSA) is 30.9 Å². The molecule has 24 heavy (non-hydrogen) atoms. The second kappa shape index (κ2) is 11.6. The van der Waals surface area contributed by atoms with Gasteiger partial charge in [-0.1, -0.05) is 25.1 Å². The maximum absolute atomic E-state index is 4.44. The van der Waals surface area contributed by atoms with Crippen molar-refractivity contribution >= 4 is 35.6 Å². The van der Waals surface area contributed by atoms with E-state index < -0.39 is 0 Å². The van der Waals surface area contributed by atoms with Gasteiger partial charge >= 0.3 is 0 Å². The van der Waals surface area contributed by atoms with Gasteiger partial charge in [0, 0.05) is 46.0 Å². The van der Waals surface area contributed by atoms with Crippen molar-refractivity contribution in [2.24, 2.45) is 10.9 Å². The first-order valence-corrected chi connectivity index (χ1v) is 8.92. The molecular formula is C19H33IN4. The third kappa shape index (κ3) is 6.87. The number of halogens is 1. The third-order valence-electron chi connectivity index (χ3n) is 4.70. The SMILES string of the molecule is CN=C(NCCCCN(C)c1ccccc1)N1CCC(C)CC1.I. The van der Waals surface area contributed by atoms with Crippen LogP contribution in [0.3, 0.4) is 0 Å². The van der Waals surface area contributed by atoms with Crippen LogP contribution in [-0.4, -0.2) is 51.1 Å². The number of guanidine groups is 1. The Hall–Kier alpha value is -0.980. The van der Waals surface area contributed by atoms with Crippen molar-refractivity contribution in [3.05, 3.63) is 30.3 Å². The molecule has 1 aromatic carbocycles. The molecule has 4 nitrogen and oxygen atoms in total. The van der Waals surface area contributed by atoms with E-state index in [2.05, 4.69) is 64.4 Å². The molecule has 0 aliphatic carbocycles. The molecule has 5 heteroatoms. The summed E-state index contributed by atoms with van der Waals surface area (Å²) in [6.45, 7) is 6.71. The van der Waals surface area contributed by atoms with Crippen LogP contribution >= 0.6 is 24.0 Å². The largest absolute Gasteiger partial charge is 0.375 e. The Morgan fingerprint density at radius 1 is 1.21 bits per heavy atom. The van der Waals surface area contributed by atoms with Crippen molar-refractivity contribution in [3.63, 3.8) is 0 Å². The summed E-state index contributed by atoms with van der Waals surface area (Å²) in [4.78, 5) is 9.16. The van der Waals surface area contributed by atoms with Gasteiger partial charge in [0.25, 0.3) is 0 Å². The molecule has 0 amide bonds. The summed E-state index contributed by atoms with van der Waals surface area (Å²) < 4.78 is 0. The van der Waals surface area contributed by atoms with Crippen molar-refractivity contribution < 1.29 is 0 Å². The zero-order valence-corrected chi connectivity index (χ0v) is 17.7. The highest BCUT2D eigenvalue weighted by molar-refractivity contribution is 14.0. The standard InChI is InChI=1S/C19H32N4.HI/c1-17-11-15-23(16-12-17)19(20-2)21-13-7-8-14-22(3)18-9-5-4-6-10-18;/h4-6,9-10,17H,7-8,11-16H2,1-3H3,(H,20,21);1H. The average molecular weight is 444 g/mol. The number of rotatable bonds is 6. The highest BCUT2D eigenvalue weighted by atomic mass is 127. The van der Waals surface area contributed by atoms with E-state index in [1.165, 1.54) is 31.4 Å². The Morgan fingerprint density at radius 2 is 1.88 bits per heavy atom. The fourth-order valence-corrected chi connectivity index (χ4v) is 3.04. The van der Waals surface area contributed by atoms with Crippen molar-refractivity contribution in [3.8, 4) is 0 Å². The van der Waals surface area contributed by atoms with Gasteiger partial charge in [-0.3, -0.25) is 4.99 Å². The van der Waals surface area contributed by atoms with Crippen molar-refractivity contribution in [2.75, 3.05) is 45.2 Å². The van der Waals surface area contributed by atoms with E-state index in [1.54, 1.807) is 0 Å². The van der Waals surface area contributed by atoms with Crippen molar-refractivity contribution in [1.82, 2.24) is 10.2 Å². The van der Waals surface area contributed by atoms with Crippen LogP contribution in [0.15, 0.2) is 35.3 Å². The number of hydrogen-bond acceptors (Lipinski definition) is 2. The number of anilines is 1. The third-order valence-corrected chi connectivity index (χ3v) is 4.70. The number of hydrogen-bond donors (Lipinski definition) is 1. The lowest BCUT2D eigenvalue weighted by Crippen LogP contribution is -2.45. The molecule has 1 aromatic rings. The molecule has 0 atom stereocenters. The fraction of sp³-hybridized carbons (Fsp3) is 0.632. The monoisotopic (exact) mass is 444 g/mol. The predicted molar refractivity (Wildman–Crippen MR) is 116 cm³/mol. The molecule has 0 bridgehead atoms. The predicted octanol–water partition coefficient (Wildman–Crippen LogP) is 3.83. The maximum Gasteiger partial charge on any atom is 0.193 e. The van der Waals surface area contributed by atoms with Crippen LogP contribution < -0.4 is 10.2 Å². The van der Waals surface area contributed by atoms with E-state index in [9.17, 15) is 0 Å². The number of unbranched alkanes of at least 4 members (excludes halogenated alkanes) is 1. The normalized spacial score (nSPS) is 15.8. The molecule has 1 aliphatic heterocycles. The number of piperidine rings is 1. The lowest BCUT2D eigenvalue weighted by molar-refractivity contribution is 0.273.